The highest BCUT2D eigenvalue weighted by Crippen LogP contribution is 2.13. The van der Waals surface area contributed by atoms with Gasteiger partial charge in [-0.25, -0.2) is 0 Å². The zero-order valence-electron chi connectivity index (χ0n) is 17.5. The molecule has 25 heavy (non-hydrogen) atoms. The summed E-state index contributed by atoms with van der Waals surface area (Å²) in [6.45, 7) is 3.33. The van der Waals surface area contributed by atoms with Gasteiger partial charge < -0.3 is 9.64 Å². The minimum Gasteiger partial charge on any atom is -0.466 e. The Bertz CT molecular complexity index is 279. The predicted molar refractivity (Wildman–Crippen MR) is 109 cm³/mol. The standard InChI is InChI=1S/C22H45NO2/c1-22(24)25-21-19-17-15-13-11-9-7-5-4-6-8-10-12-14-16-18-20-23(2)3/h4-21H2,1-3H3. The Hall–Kier alpha value is -0.570. The molecule has 0 bridgehead atoms. The molecule has 150 valence electrons. The molecule has 0 radical (unpaired) electrons. The fourth-order valence-corrected chi connectivity index (χ4v) is 3.22. The highest BCUT2D eigenvalue weighted by Gasteiger charge is 1.96. The molecule has 0 aromatic rings. The van der Waals surface area contributed by atoms with E-state index in [0.717, 1.165) is 6.42 Å². The number of esters is 1. The number of carbonyl (C=O) groups excluding carboxylic acids is 1. The molecule has 0 heterocycles. The summed E-state index contributed by atoms with van der Waals surface area (Å²) in [5.74, 6) is -0.153. The van der Waals surface area contributed by atoms with Crippen molar-refractivity contribution in [2.24, 2.45) is 0 Å². The van der Waals surface area contributed by atoms with Crippen LogP contribution in [0.5, 0.6) is 0 Å². The Morgan fingerprint density at radius 2 is 0.920 bits per heavy atom. The van der Waals surface area contributed by atoms with Gasteiger partial charge in [0.15, 0.2) is 0 Å². The predicted octanol–water partition coefficient (Wildman–Crippen LogP) is 6.35. The molecule has 3 heteroatoms. The first-order valence-electron chi connectivity index (χ1n) is 10.9. The molecule has 0 unspecified atom stereocenters. The summed E-state index contributed by atoms with van der Waals surface area (Å²) in [6.07, 6.45) is 21.8. The Morgan fingerprint density at radius 3 is 1.24 bits per heavy atom. The molecule has 0 aliphatic heterocycles. The smallest absolute Gasteiger partial charge is 0.302 e. The highest BCUT2D eigenvalue weighted by atomic mass is 16.5. The van der Waals surface area contributed by atoms with Crippen LogP contribution in [-0.2, 0) is 9.53 Å². The number of carbonyl (C=O) groups is 1. The molecule has 0 N–H and O–H groups in total. The SMILES string of the molecule is CC(=O)OCCCCCCCCCCCCCCCCCCN(C)C. The van der Waals surface area contributed by atoms with Crippen molar-refractivity contribution >= 4 is 5.97 Å². The topological polar surface area (TPSA) is 29.5 Å². The van der Waals surface area contributed by atoms with Crippen molar-refractivity contribution in [1.29, 1.82) is 0 Å². The summed E-state index contributed by atoms with van der Waals surface area (Å²) >= 11 is 0. The van der Waals surface area contributed by atoms with Crippen LogP contribution in [0.4, 0.5) is 0 Å². The van der Waals surface area contributed by atoms with Crippen LogP contribution in [0, 0.1) is 0 Å². The lowest BCUT2D eigenvalue weighted by Gasteiger charge is -2.08. The quantitative estimate of drug-likeness (QED) is 0.200. The first-order chi connectivity index (χ1) is 12.1. The van der Waals surface area contributed by atoms with Gasteiger partial charge in [-0.15, -0.1) is 0 Å². The van der Waals surface area contributed by atoms with Crippen LogP contribution in [0.3, 0.4) is 0 Å². The average molecular weight is 356 g/mol. The molecular formula is C22H45NO2. The monoisotopic (exact) mass is 355 g/mol. The summed E-state index contributed by atoms with van der Waals surface area (Å²) in [5.41, 5.74) is 0. The van der Waals surface area contributed by atoms with E-state index >= 15 is 0 Å². The van der Waals surface area contributed by atoms with Crippen molar-refractivity contribution in [1.82, 2.24) is 4.90 Å². The lowest BCUT2D eigenvalue weighted by Crippen LogP contribution is -2.12. The Kier molecular flexibility index (Phi) is 19.3. The number of ether oxygens (including phenoxy) is 1. The first-order valence-corrected chi connectivity index (χ1v) is 10.9. The van der Waals surface area contributed by atoms with E-state index in [0.29, 0.717) is 6.61 Å². The second-order valence-electron chi connectivity index (χ2n) is 7.80. The van der Waals surface area contributed by atoms with E-state index in [9.17, 15) is 4.79 Å². The zero-order chi connectivity index (χ0) is 18.6. The summed E-state index contributed by atoms with van der Waals surface area (Å²) in [6, 6.07) is 0. The van der Waals surface area contributed by atoms with E-state index < -0.39 is 0 Å². The molecule has 0 saturated heterocycles. The second kappa shape index (κ2) is 19.8. The molecule has 0 aromatic carbocycles. The van der Waals surface area contributed by atoms with Gasteiger partial charge in [-0.2, -0.15) is 0 Å². The van der Waals surface area contributed by atoms with E-state index in [1.165, 1.54) is 110 Å². The Labute approximate surface area is 157 Å². The van der Waals surface area contributed by atoms with E-state index in [4.69, 9.17) is 4.74 Å². The van der Waals surface area contributed by atoms with Crippen LogP contribution in [0.15, 0.2) is 0 Å². The summed E-state index contributed by atoms with van der Waals surface area (Å²) in [7, 11) is 4.32. The maximum absolute atomic E-state index is 10.6. The number of hydrogen-bond donors (Lipinski definition) is 0. The third-order valence-corrected chi connectivity index (χ3v) is 4.80. The van der Waals surface area contributed by atoms with E-state index in [1.54, 1.807) is 0 Å². The van der Waals surface area contributed by atoms with Crippen molar-refractivity contribution in [3.8, 4) is 0 Å². The molecule has 0 aliphatic rings. The zero-order valence-corrected chi connectivity index (χ0v) is 17.5. The summed E-state index contributed by atoms with van der Waals surface area (Å²) < 4.78 is 4.93. The number of hydrogen-bond acceptors (Lipinski definition) is 3. The molecule has 0 spiro atoms. The summed E-state index contributed by atoms with van der Waals surface area (Å²) in [4.78, 5) is 12.9. The van der Waals surface area contributed by atoms with Gasteiger partial charge in [-0.1, -0.05) is 89.9 Å². The molecule has 0 fully saturated rings. The van der Waals surface area contributed by atoms with Gasteiger partial charge in [0, 0.05) is 6.92 Å². The van der Waals surface area contributed by atoms with Crippen molar-refractivity contribution in [2.75, 3.05) is 27.2 Å². The van der Waals surface area contributed by atoms with Gasteiger partial charge in [0.05, 0.1) is 6.61 Å². The molecule has 0 saturated carbocycles. The fourth-order valence-electron chi connectivity index (χ4n) is 3.22. The van der Waals surface area contributed by atoms with Crippen molar-refractivity contribution in [2.45, 2.75) is 110 Å². The molecule has 0 aliphatic carbocycles. The van der Waals surface area contributed by atoms with Gasteiger partial charge >= 0.3 is 5.97 Å². The van der Waals surface area contributed by atoms with Crippen LogP contribution in [-0.4, -0.2) is 38.1 Å². The Balaban J connectivity index is 2.99. The lowest BCUT2D eigenvalue weighted by atomic mass is 10.0. The van der Waals surface area contributed by atoms with Gasteiger partial charge in [0.2, 0.25) is 0 Å². The highest BCUT2D eigenvalue weighted by molar-refractivity contribution is 5.65. The number of unbranched alkanes of at least 4 members (excludes halogenated alkanes) is 15. The number of nitrogens with zero attached hydrogens (tertiary/aromatic N) is 1. The summed E-state index contributed by atoms with van der Waals surface area (Å²) in [5, 5.41) is 0. The fraction of sp³-hybridized carbons (Fsp3) is 0.955. The molecule has 0 aromatic heterocycles. The third kappa shape index (κ3) is 23.4. The van der Waals surface area contributed by atoms with E-state index in [-0.39, 0.29) is 5.97 Å². The minimum absolute atomic E-state index is 0.153. The molecule has 0 rings (SSSR count). The first kappa shape index (κ1) is 24.4. The minimum atomic E-state index is -0.153. The normalized spacial score (nSPS) is 11.2. The maximum Gasteiger partial charge on any atom is 0.302 e. The van der Waals surface area contributed by atoms with E-state index in [1.807, 2.05) is 0 Å². The van der Waals surface area contributed by atoms with Crippen LogP contribution in [0.25, 0.3) is 0 Å². The molecule has 0 amide bonds. The second-order valence-corrected chi connectivity index (χ2v) is 7.80. The van der Waals surface area contributed by atoms with Crippen LogP contribution >= 0.6 is 0 Å². The van der Waals surface area contributed by atoms with Gasteiger partial charge in [0.1, 0.15) is 0 Å². The largest absolute Gasteiger partial charge is 0.466 e. The lowest BCUT2D eigenvalue weighted by molar-refractivity contribution is -0.141. The number of rotatable bonds is 19. The average Bonchev–Trinajstić information content (AvgIpc) is 2.56. The maximum atomic E-state index is 10.6. The third-order valence-electron chi connectivity index (χ3n) is 4.80. The molecular weight excluding hydrogens is 310 g/mol. The van der Waals surface area contributed by atoms with Gasteiger partial charge in [-0.3, -0.25) is 4.79 Å². The van der Waals surface area contributed by atoms with Crippen LogP contribution in [0.2, 0.25) is 0 Å². The van der Waals surface area contributed by atoms with Crippen LogP contribution < -0.4 is 0 Å². The van der Waals surface area contributed by atoms with Crippen molar-refractivity contribution in [3.05, 3.63) is 0 Å². The van der Waals surface area contributed by atoms with E-state index in [2.05, 4.69) is 19.0 Å². The Morgan fingerprint density at radius 1 is 0.600 bits per heavy atom. The van der Waals surface area contributed by atoms with Gasteiger partial charge in [-0.05, 0) is 33.5 Å². The van der Waals surface area contributed by atoms with Crippen molar-refractivity contribution in [3.63, 3.8) is 0 Å². The van der Waals surface area contributed by atoms with Crippen LogP contribution in [0.1, 0.15) is 110 Å². The van der Waals surface area contributed by atoms with Gasteiger partial charge in [0.25, 0.3) is 0 Å². The van der Waals surface area contributed by atoms with Crippen molar-refractivity contribution < 1.29 is 9.53 Å². The molecule has 0 atom stereocenters. The molecule has 3 nitrogen and oxygen atoms in total.